The lowest BCUT2D eigenvalue weighted by Crippen LogP contribution is -2.22. The molecule has 0 saturated heterocycles. The Morgan fingerprint density at radius 3 is 2.81 bits per heavy atom. The molecule has 0 atom stereocenters. The Balaban J connectivity index is 2.18. The van der Waals surface area contributed by atoms with Gasteiger partial charge in [0.1, 0.15) is 5.82 Å². The van der Waals surface area contributed by atoms with Gasteiger partial charge in [0.25, 0.3) is 5.56 Å². The van der Waals surface area contributed by atoms with Crippen LogP contribution in [-0.4, -0.2) is 17.0 Å². The van der Waals surface area contributed by atoms with Crippen LogP contribution in [0.4, 0.5) is 0 Å². The second-order valence-corrected chi connectivity index (χ2v) is 4.48. The van der Waals surface area contributed by atoms with E-state index in [-0.39, 0.29) is 5.56 Å². The molecule has 0 spiro atoms. The normalized spacial score (nSPS) is 17.6. The molecule has 16 heavy (non-hydrogen) atoms. The summed E-state index contributed by atoms with van der Waals surface area (Å²) in [6, 6.07) is 0. The van der Waals surface area contributed by atoms with Crippen LogP contribution in [0.3, 0.4) is 0 Å². The van der Waals surface area contributed by atoms with E-state index in [1.165, 1.54) is 19.3 Å². The van der Waals surface area contributed by atoms with Crippen LogP contribution in [0.5, 0.6) is 0 Å². The van der Waals surface area contributed by atoms with E-state index in [9.17, 15) is 4.79 Å². The molecule has 1 aliphatic carbocycles. The molecule has 0 unspecified atom stereocenters. The molecule has 1 saturated carbocycles. The number of nitrogens with zero attached hydrogens (tertiary/aromatic N) is 1. The molecule has 0 aromatic carbocycles. The lowest BCUT2D eigenvalue weighted by molar-refractivity contribution is 0.439. The van der Waals surface area contributed by atoms with Crippen molar-refractivity contribution in [3.8, 4) is 0 Å². The maximum absolute atomic E-state index is 11.9. The number of aromatic nitrogens is 2. The van der Waals surface area contributed by atoms with Gasteiger partial charge in [-0.1, -0.05) is 19.3 Å². The van der Waals surface area contributed by atoms with E-state index in [0.717, 1.165) is 18.4 Å². The van der Waals surface area contributed by atoms with Crippen molar-refractivity contribution in [3.63, 3.8) is 0 Å². The highest BCUT2D eigenvalue weighted by Gasteiger charge is 2.18. The molecule has 1 aliphatic rings. The fraction of sp³-hybridized carbons (Fsp3) is 0.667. The van der Waals surface area contributed by atoms with Crippen molar-refractivity contribution >= 4 is 0 Å². The second kappa shape index (κ2) is 5.25. The van der Waals surface area contributed by atoms with Gasteiger partial charge in [0.05, 0.1) is 6.54 Å². The zero-order valence-electron chi connectivity index (χ0n) is 9.75. The van der Waals surface area contributed by atoms with Crippen LogP contribution in [0, 0.1) is 0 Å². The Morgan fingerprint density at radius 2 is 2.19 bits per heavy atom. The van der Waals surface area contributed by atoms with Crippen molar-refractivity contribution in [2.75, 3.05) is 7.05 Å². The standard InChI is InChI=1S/C12H19N3O/c1-13-8-11-14-7-10(12(16)15-11)9-5-3-2-4-6-9/h7,9,13H,2-6,8H2,1H3,(H,14,15,16). The molecule has 0 bridgehead atoms. The molecule has 0 radical (unpaired) electrons. The quantitative estimate of drug-likeness (QED) is 0.814. The Labute approximate surface area is 95.5 Å². The van der Waals surface area contributed by atoms with E-state index >= 15 is 0 Å². The maximum Gasteiger partial charge on any atom is 0.254 e. The fourth-order valence-corrected chi connectivity index (χ4v) is 2.40. The van der Waals surface area contributed by atoms with Crippen molar-refractivity contribution < 1.29 is 0 Å². The third-order valence-electron chi connectivity index (χ3n) is 3.27. The van der Waals surface area contributed by atoms with Crippen LogP contribution < -0.4 is 10.9 Å². The van der Waals surface area contributed by atoms with Gasteiger partial charge in [0.2, 0.25) is 0 Å². The summed E-state index contributed by atoms with van der Waals surface area (Å²) in [4.78, 5) is 19.0. The molecule has 4 nitrogen and oxygen atoms in total. The molecule has 88 valence electrons. The molecule has 1 heterocycles. The average Bonchev–Trinajstić information content (AvgIpc) is 2.31. The molecule has 1 aromatic rings. The minimum atomic E-state index is 0.0483. The van der Waals surface area contributed by atoms with Crippen LogP contribution in [-0.2, 0) is 6.54 Å². The van der Waals surface area contributed by atoms with Gasteiger partial charge in [-0.05, 0) is 25.8 Å². The third-order valence-corrected chi connectivity index (χ3v) is 3.27. The largest absolute Gasteiger partial charge is 0.313 e. The van der Waals surface area contributed by atoms with Gasteiger partial charge in [-0.25, -0.2) is 4.98 Å². The van der Waals surface area contributed by atoms with Crippen LogP contribution >= 0.6 is 0 Å². The van der Waals surface area contributed by atoms with Gasteiger partial charge < -0.3 is 10.3 Å². The van der Waals surface area contributed by atoms with Crippen molar-refractivity contribution in [2.45, 2.75) is 44.6 Å². The number of hydrogen-bond donors (Lipinski definition) is 2. The zero-order chi connectivity index (χ0) is 11.4. The summed E-state index contributed by atoms with van der Waals surface area (Å²) < 4.78 is 0. The second-order valence-electron chi connectivity index (χ2n) is 4.48. The lowest BCUT2D eigenvalue weighted by atomic mass is 9.85. The Bertz CT molecular complexity index is 393. The number of H-pyrrole nitrogens is 1. The first-order valence-corrected chi connectivity index (χ1v) is 6.04. The fourth-order valence-electron chi connectivity index (χ4n) is 2.40. The maximum atomic E-state index is 11.9. The number of hydrogen-bond acceptors (Lipinski definition) is 3. The lowest BCUT2D eigenvalue weighted by Gasteiger charge is -2.20. The molecule has 0 amide bonds. The predicted molar refractivity (Wildman–Crippen MR) is 63.4 cm³/mol. The monoisotopic (exact) mass is 221 g/mol. The van der Waals surface area contributed by atoms with Crippen LogP contribution in [0.25, 0.3) is 0 Å². The smallest absolute Gasteiger partial charge is 0.254 e. The Kier molecular flexibility index (Phi) is 3.72. The number of aromatic amines is 1. The highest BCUT2D eigenvalue weighted by Crippen LogP contribution is 2.30. The summed E-state index contributed by atoms with van der Waals surface area (Å²) in [7, 11) is 1.84. The number of nitrogens with one attached hydrogen (secondary N) is 2. The van der Waals surface area contributed by atoms with E-state index in [4.69, 9.17) is 0 Å². The third kappa shape index (κ3) is 2.50. The number of rotatable bonds is 3. The van der Waals surface area contributed by atoms with Gasteiger partial charge in [-0.15, -0.1) is 0 Å². The van der Waals surface area contributed by atoms with Crippen molar-refractivity contribution in [2.24, 2.45) is 0 Å². The molecule has 2 rings (SSSR count). The molecule has 2 N–H and O–H groups in total. The SMILES string of the molecule is CNCc1ncc(C2CCCCC2)c(=O)[nH]1. The summed E-state index contributed by atoms with van der Waals surface area (Å²) in [5.74, 6) is 1.14. The van der Waals surface area contributed by atoms with Gasteiger partial charge in [0.15, 0.2) is 0 Å². The van der Waals surface area contributed by atoms with E-state index in [0.29, 0.717) is 18.3 Å². The molecule has 1 aromatic heterocycles. The topological polar surface area (TPSA) is 57.8 Å². The van der Waals surface area contributed by atoms with Crippen LogP contribution in [0.1, 0.15) is 49.4 Å². The van der Waals surface area contributed by atoms with E-state index in [1.54, 1.807) is 6.20 Å². The van der Waals surface area contributed by atoms with Gasteiger partial charge in [-0.2, -0.15) is 0 Å². The predicted octanol–water partition coefficient (Wildman–Crippen LogP) is 1.54. The van der Waals surface area contributed by atoms with E-state index in [1.807, 2.05) is 7.05 Å². The Hall–Kier alpha value is -1.16. The summed E-state index contributed by atoms with van der Waals surface area (Å²) >= 11 is 0. The first-order chi connectivity index (χ1) is 7.81. The first-order valence-electron chi connectivity index (χ1n) is 6.04. The Morgan fingerprint density at radius 1 is 1.44 bits per heavy atom. The highest BCUT2D eigenvalue weighted by molar-refractivity contribution is 5.12. The average molecular weight is 221 g/mol. The summed E-state index contributed by atoms with van der Waals surface area (Å²) in [5.41, 5.74) is 0.923. The van der Waals surface area contributed by atoms with Crippen molar-refractivity contribution in [3.05, 3.63) is 27.9 Å². The minimum Gasteiger partial charge on any atom is -0.313 e. The molecule has 4 heteroatoms. The summed E-state index contributed by atoms with van der Waals surface area (Å²) in [5, 5.41) is 2.98. The van der Waals surface area contributed by atoms with Gasteiger partial charge >= 0.3 is 0 Å². The zero-order valence-corrected chi connectivity index (χ0v) is 9.75. The molecule has 0 aliphatic heterocycles. The highest BCUT2D eigenvalue weighted by atomic mass is 16.1. The van der Waals surface area contributed by atoms with Crippen molar-refractivity contribution in [1.82, 2.24) is 15.3 Å². The van der Waals surface area contributed by atoms with Gasteiger partial charge in [0, 0.05) is 11.8 Å². The van der Waals surface area contributed by atoms with Gasteiger partial charge in [-0.3, -0.25) is 4.79 Å². The molecule has 1 fully saturated rings. The first kappa shape index (κ1) is 11.3. The minimum absolute atomic E-state index is 0.0483. The summed E-state index contributed by atoms with van der Waals surface area (Å²) in [6.07, 6.45) is 7.82. The van der Waals surface area contributed by atoms with Crippen LogP contribution in [0.15, 0.2) is 11.0 Å². The summed E-state index contributed by atoms with van der Waals surface area (Å²) in [6.45, 7) is 0.611. The van der Waals surface area contributed by atoms with Crippen LogP contribution in [0.2, 0.25) is 0 Å². The van der Waals surface area contributed by atoms with E-state index in [2.05, 4.69) is 15.3 Å². The van der Waals surface area contributed by atoms with Crippen molar-refractivity contribution in [1.29, 1.82) is 0 Å². The molecular weight excluding hydrogens is 202 g/mol. The molecular formula is C12H19N3O. The van der Waals surface area contributed by atoms with E-state index < -0.39 is 0 Å².